The fourth-order valence-electron chi connectivity index (χ4n) is 2.38. The molecule has 1 amide bonds. The Morgan fingerprint density at radius 1 is 1.26 bits per heavy atom. The van der Waals surface area contributed by atoms with Gasteiger partial charge >= 0.3 is 0 Å². The molecule has 0 N–H and O–H groups in total. The quantitative estimate of drug-likeness (QED) is 0.820. The SMILES string of the molecule is CN1CCC(N(C)C(=O)c2ccc(F)c(F)c2)CC1. The van der Waals surface area contributed by atoms with Gasteiger partial charge in [0.25, 0.3) is 5.91 Å². The number of amides is 1. The fourth-order valence-corrected chi connectivity index (χ4v) is 2.38. The molecule has 0 spiro atoms. The molecule has 104 valence electrons. The van der Waals surface area contributed by atoms with Crippen LogP contribution in [-0.4, -0.2) is 48.9 Å². The van der Waals surface area contributed by atoms with E-state index in [1.807, 2.05) is 7.05 Å². The first-order chi connectivity index (χ1) is 8.99. The molecule has 0 saturated carbocycles. The average molecular weight is 268 g/mol. The summed E-state index contributed by atoms with van der Waals surface area (Å²) < 4.78 is 26.0. The van der Waals surface area contributed by atoms with Gasteiger partial charge in [-0.3, -0.25) is 4.79 Å². The molecule has 0 atom stereocenters. The van der Waals surface area contributed by atoms with Gasteiger partial charge in [-0.15, -0.1) is 0 Å². The number of hydrogen-bond donors (Lipinski definition) is 0. The molecular weight excluding hydrogens is 250 g/mol. The van der Waals surface area contributed by atoms with E-state index in [-0.39, 0.29) is 17.5 Å². The summed E-state index contributed by atoms with van der Waals surface area (Å²) in [4.78, 5) is 16.1. The van der Waals surface area contributed by atoms with Crippen LogP contribution >= 0.6 is 0 Å². The molecule has 19 heavy (non-hydrogen) atoms. The van der Waals surface area contributed by atoms with Crippen molar-refractivity contribution in [2.24, 2.45) is 0 Å². The van der Waals surface area contributed by atoms with Crippen molar-refractivity contribution < 1.29 is 13.6 Å². The van der Waals surface area contributed by atoms with Gasteiger partial charge < -0.3 is 9.80 Å². The number of nitrogens with zero attached hydrogens (tertiary/aromatic N) is 2. The zero-order valence-corrected chi connectivity index (χ0v) is 11.2. The summed E-state index contributed by atoms with van der Waals surface area (Å²) >= 11 is 0. The van der Waals surface area contributed by atoms with Gasteiger partial charge in [0.2, 0.25) is 0 Å². The van der Waals surface area contributed by atoms with Crippen LogP contribution in [0.25, 0.3) is 0 Å². The molecule has 0 aromatic heterocycles. The smallest absolute Gasteiger partial charge is 0.253 e. The monoisotopic (exact) mass is 268 g/mol. The van der Waals surface area contributed by atoms with Gasteiger partial charge in [0, 0.05) is 18.7 Å². The zero-order valence-electron chi connectivity index (χ0n) is 11.2. The number of piperidine rings is 1. The van der Waals surface area contributed by atoms with E-state index in [9.17, 15) is 13.6 Å². The topological polar surface area (TPSA) is 23.6 Å². The van der Waals surface area contributed by atoms with E-state index in [1.165, 1.54) is 6.07 Å². The second kappa shape index (κ2) is 5.65. The van der Waals surface area contributed by atoms with Crippen LogP contribution in [0.5, 0.6) is 0 Å². The molecular formula is C14H18F2N2O. The molecule has 5 heteroatoms. The van der Waals surface area contributed by atoms with Gasteiger partial charge in [0.05, 0.1) is 0 Å². The Hall–Kier alpha value is -1.49. The molecule has 0 radical (unpaired) electrons. The maximum Gasteiger partial charge on any atom is 0.253 e. The summed E-state index contributed by atoms with van der Waals surface area (Å²) in [6.07, 6.45) is 1.81. The van der Waals surface area contributed by atoms with Crippen molar-refractivity contribution >= 4 is 5.91 Å². The van der Waals surface area contributed by atoms with Crippen molar-refractivity contribution in [2.45, 2.75) is 18.9 Å². The normalized spacial score (nSPS) is 17.5. The van der Waals surface area contributed by atoms with Crippen LogP contribution in [0.4, 0.5) is 8.78 Å². The van der Waals surface area contributed by atoms with Crippen LogP contribution < -0.4 is 0 Å². The second-order valence-electron chi connectivity index (χ2n) is 5.08. The van der Waals surface area contributed by atoms with Crippen molar-refractivity contribution in [1.29, 1.82) is 0 Å². The predicted molar refractivity (Wildman–Crippen MR) is 69.0 cm³/mol. The van der Waals surface area contributed by atoms with Crippen LogP contribution in [0.15, 0.2) is 18.2 Å². The Labute approximate surface area is 111 Å². The summed E-state index contributed by atoms with van der Waals surface area (Å²) in [6, 6.07) is 3.44. The Morgan fingerprint density at radius 2 is 1.89 bits per heavy atom. The predicted octanol–water partition coefficient (Wildman–Crippen LogP) is 2.13. The highest BCUT2D eigenvalue weighted by atomic mass is 19.2. The third-order valence-electron chi connectivity index (χ3n) is 3.72. The molecule has 3 nitrogen and oxygen atoms in total. The minimum Gasteiger partial charge on any atom is -0.339 e. The number of halogens is 2. The lowest BCUT2D eigenvalue weighted by atomic mass is 10.0. The van der Waals surface area contributed by atoms with Crippen molar-refractivity contribution in [3.8, 4) is 0 Å². The summed E-state index contributed by atoms with van der Waals surface area (Å²) in [5.41, 5.74) is 0.195. The number of benzene rings is 1. The van der Waals surface area contributed by atoms with Gasteiger partial charge in [-0.25, -0.2) is 8.78 Å². The first-order valence-electron chi connectivity index (χ1n) is 6.40. The average Bonchev–Trinajstić information content (AvgIpc) is 2.41. The Kier molecular flexibility index (Phi) is 4.14. The molecule has 1 aromatic rings. The Balaban J connectivity index is 2.08. The van der Waals surface area contributed by atoms with Crippen molar-refractivity contribution in [2.75, 3.05) is 27.2 Å². The number of carbonyl (C=O) groups excluding carboxylic acids is 1. The Bertz CT molecular complexity index is 471. The van der Waals surface area contributed by atoms with E-state index in [0.29, 0.717) is 0 Å². The van der Waals surface area contributed by atoms with Crippen LogP contribution in [0.2, 0.25) is 0 Å². The highest BCUT2D eigenvalue weighted by Crippen LogP contribution is 2.17. The van der Waals surface area contributed by atoms with E-state index >= 15 is 0 Å². The largest absolute Gasteiger partial charge is 0.339 e. The summed E-state index contributed by atoms with van der Waals surface area (Å²) in [6.45, 7) is 1.89. The third-order valence-corrected chi connectivity index (χ3v) is 3.72. The molecule has 1 aliphatic rings. The van der Waals surface area contributed by atoms with Gasteiger partial charge in [-0.05, 0) is 51.2 Å². The van der Waals surface area contributed by atoms with Gasteiger partial charge in [-0.2, -0.15) is 0 Å². The highest BCUT2D eigenvalue weighted by molar-refractivity contribution is 5.94. The molecule has 2 rings (SSSR count). The molecule has 0 unspecified atom stereocenters. The zero-order chi connectivity index (χ0) is 14.0. The first-order valence-corrected chi connectivity index (χ1v) is 6.40. The molecule has 1 aliphatic heterocycles. The van der Waals surface area contributed by atoms with Gasteiger partial charge in [-0.1, -0.05) is 0 Å². The molecule has 1 fully saturated rings. The lowest BCUT2D eigenvalue weighted by molar-refractivity contribution is 0.0659. The van der Waals surface area contributed by atoms with E-state index in [0.717, 1.165) is 38.1 Å². The summed E-state index contributed by atoms with van der Waals surface area (Å²) in [5, 5.41) is 0. The van der Waals surface area contributed by atoms with E-state index < -0.39 is 11.6 Å². The number of rotatable bonds is 2. The van der Waals surface area contributed by atoms with Crippen molar-refractivity contribution in [1.82, 2.24) is 9.80 Å². The van der Waals surface area contributed by atoms with Crippen molar-refractivity contribution in [3.63, 3.8) is 0 Å². The van der Waals surface area contributed by atoms with Crippen LogP contribution in [-0.2, 0) is 0 Å². The minimum absolute atomic E-state index is 0.164. The van der Waals surface area contributed by atoms with E-state index in [1.54, 1.807) is 11.9 Å². The van der Waals surface area contributed by atoms with Crippen molar-refractivity contribution in [3.05, 3.63) is 35.4 Å². The maximum absolute atomic E-state index is 13.1. The molecule has 0 bridgehead atoms. The standard InChI is InChI=1S/C14H18F2N2O/c1-17-7-5-11(6-8-17)18(2)14(19)10-3-4-12(15)13(16)9-10/h3-4,9,11H,5-8H2,1-2H3. The summed E-state index contributed by atoms with van der Waals surface area (Å²) in [5.74, 6) is -2.17. The van der Waals surface area contributed by atoms with Crippen LogP contribution in [0.3, 0.4) is 0 Å². The fraction of sp³-hybridized carbons (Fsp3) is 0.500. The Morgan fingerprint density at radius 3 is 2.47 bits per heavy atom. The molecule has 1 saturated heterocycles. The summed E-state index contributed by atoms with van der Waals surface area (Å²) in [7, 11) is 3.77. The lowest BCUT2D eigenvalue weighted by Gasteiger charge is -2.35. The number of hydrogen-bond acceptors (Lipinski definition) is 2. The molecule has 1 heterocycles. The van der Waals surface area contributed by atoms with E-state index in [2.05, 4.69) is 4.90 Å². The molecule has 0 aliphatic carbocycles. The van der Waals surface area contributed by atoms with Gasteiger partial charge in [0.15, 0.2) is 11.6 Å². The maximum atomic E-state index is 13.1. The third kappa shape index (κ3) is 3.10. The molecule has 1 aromatic carbocycles. The lowest BCUT2D eigenvalue weighted by Crippen LogP contribution is -2.44. The minimum atomic E-state index is -0.984. The second-order valence-corrected chi connectivity index (χ2v) is 5.08. The first kappa shape index (κ1) is 13.9. The van der Waals surface area contributed by atoms with E-state index in [4.69, 9.17) is 0 Å². The van der Waals surface area contributed by atoms with Crippen LogP contribution in [0.1, 0.15) is 23.2 Å². The highest BCUT2D eigenvalue weighted by Gasteiger charge is 2.25. The van der Waals surface area contributed by atoms with Crippen LogP contribution in [0, 0.1) is 11.6 Å². The number of carbonyl (C=O) groups is 1. The van der Waals surface area contributed by atoms with Gasteiger partial charge in [0.1, 0.15) is 0 Å². The number of likely N-dealkylation sites (tertiary alicyclic amines) is 1.